The molecule has 0 atom stereocenters. The maximum absolute atomic E-state index is 13.8. The van der Waals surface area contributed by atoms with Crippen LogP contribution in [0.2, 0.25) is 0 Å². The van der Waals surface area contributed by atoms with Crippen molar-refractivity contribution in [3.63, 3.8) is 0 Å². The number of aryl methyl sites for hydroxylation is 1. The van der Waals surface area contributed by atoms with Gasteiger partial charge in [-0.1, -0.05) is 18.2 Å². The first-order chi connectivity index (χ1) is 9.22. The Bertz CT molecular complexity index is 812. The number of rotatable bonds is 1. The van der Waals surface area contributed by atoms with Crippen LogP contribution in [0.5, 0.6) is 0 Å². The molecular formula is C15H10FN3. The van der Waals surface area contributed by atoms with Gasteiger partial charge in [-0.25, -0.2) is 9.37 Å². The molecule has 3 rings (SSSR count). The summed E-state index contributed by atoms with van der Waals surface area (Å²) in [5.41, 5.74) is 2.35. The zero-order valence-corrected chi connectivity index (χ0v) is 10.3. The molecule has 4 heteroatoms. The number of imidazole rings is 1. The zero-order chi connectivity index (χ0) is 13.4. The molecule has 0 aliphatic carbocycles. The van der Waals surface area contributed by atoms with Crippen LogP contribution in [0.1, 0.15) is 5.56 Å². The van der Waals surface area contributed by atoms with Crippen LogP contribution in [0, 0.1) is 17.1 Å². The van der Waals surface area contributed by atoms with Crippen molar-refractivity contribution < 1.29 is 4.39 Å². The van der Waals surface area contributed by atoms with Gasteiger partial charge in [0.2, 0.25) is 0 Å². The lowest BCUT2D eigenvalue weighted by Crippen LogP contribution is -1.94. The van der Waals surface area contributed by atoms with E-state index in [1.54, 1.807) is 34.9 Å². The van der Waals surface area contributed by atoms with Crippen LogP contribution in [0.25, 0.3) is 22.4 Å². The van der Waals surface area contributed by atoms with Gasteiger partial charge in [0.05, 0.1) is 16.6 Å². The van der Waals surface area contributed by atoms with Gasteiger partial charge in [0.15, 0.2) is 0 Å². The summed E-state index contributed by atoms with van der Waals surface area (Å²) in [7, 11) is 1.82. The first-order valence-electron chi connectivity index (χ1n) is 5.83. The highest BCUT2D eigenvalue weighted by Gasteiger charge is 2.14. The van der Waals surface area contributed by atoms with Crippen LogP contribution in [0.15, 0.2) is 42.5 Å². The number of hydrogen-bond donors (Lipinski definition) is 0. The molecule has 0 saturated heterocycles. The van der Waals surface area contributed by atoms with Gasteiger partial charge in [0.25, 0.3) is 0 Å². The standard InChI is InChI=1S/C15H10FN3/c1-19-13-8-4-5-10(9-17)14(13)18-15(19)11-6-2-3-7-12(11)16/h2-8H,1H3. The lowest BCUT2D eigenvalue weighted by Gasteiger charge is -2.03. The van der Waals surface area contributed by atoms with Crippen molar-refractivity contribution in [1.29, 1.82) is 5.26 Å². The summed E-state index contributed by atoms with van der Waals surface area (Å²) in [4.78, 5) is 4.41. The number of benzene rings is 2. The summed E-state index contributed by atoms with van der Waals surface area (Å²) in [5.74, 6) is 0.204. The minimum atomic E-state index is -0.320. The molecule has 0 saturated carbocycles. The SMILES string of the molecule is Cn1c(-c2ccccc2F)nc2c(C#N)cccc21. The second-order valence-electron chi connectivity index (χ2n) is 4.26. The van der Waals surface area contributed by atoms with Crippen LogP contribution in [-0.4, -0.2) is 9.55 Å². The molecule has 0 aliphatic heterocycles. The highest BCUT2D eigenvalue weighted by atomic mass is 19.1. The van der Waals surface area contributed by atoms with Gasteiger partial charge in [-0.05, 0) is 24.3 Å². The Morgan fingerprint density at radius 1 is 1.16 bits per heavy atom. The van der Waals surface area contributed by atoms with E-state index in [1.165, 1.54) is 6.07 Å². The summed E-state index contributed by atoms with van der Waals surface area (Å²) < 4.78 is 15.6. The molecule has 0 N–H and O–H groups in total. The van der Waals surface area contributed by atoms with Gasteiger partial charge < -0.3 is 4.57 Å². The highest BCUT2D eigenvalue weighted by Crippen LogP contribution is 2.27. The van der Waals surface area contributed by atoms with E-state index in [4.69, 9.17) is 5.26 Å². The first-order valence-corrected chi connectivity index (χ1v) is 5.83. The number of para-hydroxylation sites is 1. The van der Waals surface area contributed by atoms with Crippen molar-refractivity contribution in [1.82, 2.24) is 9.55 Å². The maximum atomic E-state index is 13.8. The molecule has 0 aliphatic rings. The highest BCUT2D eigenvalue weighted by molar-refractivity contribution is 5.85. The van der Waals surface area contributed by atoms with Crippen LogP contribution in [0.3, 0.4) is 0 Å². The molecule has 0 bridgehead atoms. The van der Waals surface area contributed by atoms with E-state index in [0.29, 0.717) is 22.5 Å². The topological polar surface area (TPSA) is 41.6 Å². The van der Waals surface area contributed by atoms with Gasteiger partial charge in [0, 0.05) is 7.05 Å². The Hall–Kier alpha value is -2.67. The molecule has 19 heavy (non-hydrogen) atoms. The van der Waals surface area contributed by atoms with E-state index < -0.39 is 0 Å². The largest absolute Gasteiger partial charge is 0.327 e. The normalized spacial score (nSPS) is 10.6. The summed E-state index contributed by atoms with van der Waals surface area (Å²) in [5, 5.41) is 9.09. The third kappa shape index (κ3) is 1.67. The van der Waals surface area contributed by atoms with Crippen LogP contribution >= 0.6 is 0 Å². The number of nitrogens with zero attached hydrogens (tertiary/aromatic N) is 3. The van der Waals surface area contributed by atoms with Crippen LogP contribution in [0.4, 0.5) is 4.39 Å². The molecule has 1 heterocycles. The number of halogens is 1. The quantitative estimate of drug-likeness (QED) is 0.666. The summed E-state index contributed by atoms with van der Waals surface area (Å²) >= 11 is 0. The molecule has 0 radical (unpaired) electrons. The van der Waals surface area contributed by atoms with Crippen molar-refractivity contribution in [2.45, 2.75) is 0 Å². The first kappa shape index (κ1) is 11.4. The van der Waals surface area contributed by atoms with Gasteiger partial charge in [-0.2, -0.15) is 5.26 Å². The van der Waals surface area contributed by atoms with E-state index >= 15 is 0 Å². The molecule has 0 fully saturated rings. The van der Waals surface area contributed by atoms with Gasteiger partial charge >= 0.3 is 0 Å². The Morgan fingerprint density at radius 3 is 2.68 bits per heavy atom. The predicted octanol–water partition coefficient (Wildman–Crippen LogP) is 3.25. The number of hydrogen-bond acceptors (Lipinski definition) is 2. The zero-order valence-electron chi connectivity index (χ0n) is 10.3. The third-order valence-corrected chi connectivity index (χ3v) is 3.15. The second kappa shape index (κ2) is 4.21. The molecule has 0 spiro atoms. The van der Waals surface area contributed by atoms with Crippen molar-refractivity contribution in [3.8, 4) is 17.5 Å². The van der Waals surface area contributed by atoms with Gasteiger partial charge in [0.1, 0.15) is 23.2 Å². The molecular weight excluding hydrogens is 241 g/mol. The summed E-state index contributed by atoms with van der Waals surface area (Å²) in [6, 6.07) is 14.0. The molecule has 0 unspecified atom stereocenters. The summed E-state index contributed by atoms with van der Waals surface area (Å²) in [6.07, 6.45) is 0. The Labute approximate surface area is 109 Å². The van der Waals surface area contributed by atoms with E-state index in [0.717, 1.165) is 5.52 Å². The average molecular weight is 251 g/mol. The fraction of sp³-hybridized carbons (Fsp3) is 0.0667. The minimum absolute atomic E-state index is 0.320. The molecule has 2 aromatic carbocycles. The van der Waals surface area contributed by atoms with Gasteiger partial charge in [-0.3, -0.25) is 0 Å². The average Bonchev–Trinajstić information content (AvgIpc) is 2.77. The number of fused-ring (bicyclic) bond motifs is 1. The van der Waals surface area contributed by atoms with Crippen molar-refractivity contribution in [2.75, 3.05) is 0 Å². The molecule has 3 nitrogen and oxygen atoms in total. The molecule has 1 aromatic heterocycles. The van der Waals surface area contributed by atoms with E-state index in [2.05, 4.69) is 11.1 Å². The monoisotopic (exact) mass is 251 g/mol. The number of nitriles is 1. The van der Waals surface area contributed by atoms with Crippen molar-refractivity contribution in [2.24, 2.45) is 7.05 Å². The Balaban J connectivity index is 2.36. The second-order valence-corrected chi connectivity index (χ2v) is 4.26. The molecule has 92 valence electrons. The maximum Gasteiger partial charge on any atom is 0.143 e. The smallest absolute Gasteiger partial charge is 0.143 e. The minimum Gasteiger partial charge on any atom is -0.327 e. The third-order valence-electron chi connectivity index (χ3n) is 3.15. The molecule has 3 aromatic rings. The van der Waals surface area contributed by atoms with E-state index in [-0.39, 0.29) is 5.82 Å². The fourth-order valence-electron chi connectivity index (χ4n) is 2.19. The Kier molecular flexibility index (Phi) is 2.53. The lowest BCUT2D eigenvalue weighted by atomic mass is 10.2. The van der Waals surface area contributed by atoms with Gasteiger partial charge in [-0.15, -0.1) is 0 Å². The van der Waals surface area contributed by atoms with Crippen LogP contribution < -0.4 is 0 Å². The van der Waals surface area contributed by atoms with Crippen molar-refractivity contribution >= 4 is 11.0 Å². The Morgan fingerprint density at radius 2 is 1.95 bits per heavy atom. The predicted molar refractivity (Wildman–Crippen MR) is 70.8 cm³/mol. The van der Waals surface area contributed by atoms with E-state index in [9.17, 15) is 4.39 Å². The summed E-state index contributed by atoms with van der Waals surface area (Å²) in [6.45, 7) is 0. The van der Waals surface area contributed by atoms with Crippen molar-refractivity contribution in [3.05, 3.63) is 53.8 Å². The van der Waals surface area contributed by atoms with Crippen LogP contribution in [-0.2, 0) is 7.05 Å². The fourth-order valence-corrected chi connectivity index (χ4v) is 2.19. The molecule has 0 amide bonds. The number of aromatic nitrogens is 2. The lowest BCUT2D eigenvalue weighted by molar-refractivity contribution is 0.629. The van der Waals surface area contributed by atoms with E-state index in [1.807, 2.05) is 13.1 Å².